The minimum Gasteiger partial charge on any atom is -0.450 e. The van der Waals surface area contributed by atoms with E-state index in [9.17, 15) is 9.59 Å². The maximum absolute atomic E-state index is 12.7. The van der Waals surface area contributed by atoms with Gasteiger partial charge in [0, 0.05) is 45.2 Å². The van der Waals surface area contributed by atoms with Crippen molar-refractivity contribution in [2.45, 2.75) is 25.7 Å². The third-order valence-electron chi connectivity index (χ3n) is 5.76. The molecule has 2 aliphatic rings. The molecule has 0 N–H and O–H groups in total. The van der Waals surface area contributed by atoms with Crippen LogP contribution < -0.4 is 0 Å². The van der Waals surface area contributed by atoms with Gasteiger partial charge in [0.15, 0.2) is 0 Å². The molecule has 0 unspecified atom stereocenters. The van der Waals surface area contributed by atoms with Crippen LogP contribution in [0.25, 0.3) is 10.2 Å². The second kappa shape index (κ2) is 9.09. The van der Waals surface area contributed by atoms with E-state index in [0.29, 0.717) is 45.2 Å². The third kappa shape index (κ3) is 4.70. The first-order valence-electron chi connectivity index (χ1n) is 10.4. The standard InChI is InChI=1S/C21H28N4O3S/c1-2-28-21(27)25-13-11-23(12-14-25)15-19(26)24-9-7-16(8-10-24)20-22-17-5-3-4-6-18(17)29-20/h3-6,16H,2,7-15H2,1H3. The van der Waals surface area contributed by atoms with Crippen LogP contribution in [0.5, 0.6) is 0 Å². The predicted octanol–water partition coefficient (Wildman–Crippen LogP) is 2.78. The SMILES string of the molecule is CCOC(=O)N1CCN(CC(=O)N2CCC(c3nc4ccccc4s3)CC2)CC1. The highest BCUT2D eigenvalue weighted by molar-refractivity contribution is 7.18. The van der Waals surface area contributed by atoms with Gasteiger partial charge in [0.1, 0.15) is 0 Å². The summed E-state index contributed by atoms with van der Waals surface area (Å²) in [7, 11) is 0. The van der Waals surface area contributed by atoms with Crippen LogP contribution in [-0.4, -0.2) is 84.1 Å². The van der Waals surface area contributed by atoms with Crippen molar-refractivity contribution >= 4 is 33.6 Å². The zero-order chi connectivity index (χ0) is 20.2. The number of aromatic nitrogens is 1. The van der Waals surface area contributed by atoms with Gasteiger partial charge in [0.25, 0.3) is 0 Å². The number of piperidine rings is 1. The van der Waals surface area contributed by atoms with Crippen LogP contribution in [0.2, 0.25) is 0 Å². The number of carbonyl (C=O) groups excluding carboxylic acids is 2. The molecule has 0 saturated carbocycles. The minimum atomic E-state index is -0.254. The van der Waals surface area contributed by atoms with E-state index in [1.807, 2.05) is 17.9 Å². The highest BCUT2D eigenvalue weighted by atomic mass is 32.1. The molecular weight excluding hydrogens is 388 g/mol. The summed E-state index contributed by atoms with van der Waals surface area (Å²) in [5, 5.41) is 1.20. The second-order valence-corrected chi connectivity index (χ2v) is 8.70. The Morgan fingerprint density at radius 3 is 2.48 bits per heavy atom. The Bertz CT molecular complexity index is 821. The molecule has 0 spiro atoms. The summed E-state index contributed by atoms with van der Waals surface area (Å²) in [5.74, 6) is 0.641. The van der Waals surface area contributed by atoms with Gasteiger partial charge in [0.05, 0.1) is 28.4 Å². The van der Waals surface area contributed by atoms with Gasteiger partial charge in [-0.1, -0.05) is 12.1 Å². The van der Waals surface area contributed by atoms with E-state index in [1.165, 1.54) is 9.71 Å². The number of para-hydroxylation sites is 1. The van der Waals surface area contributed by atoms with Crippen molar-refractivity contribution in [2.75, 3.05) is 52.4 Å². The molecule has 2 fully saturated rings. The topological polar surface area (TPSA) is 66.0 Å². The summed E-state index contributed by atoms with van der Waals surface area (Å²) >= 11 is 1.78. The number of ether oxygens (including phenoxy) is 1. The van der Waals surface area contributed by atoms with E-state index in [1.54, 1.807) is 16.2 Å². The van der Waals surface area contributed by atoms with Crippen LogP contribution in [0, 0.1) is 0 Å². The van der Waals surface area contributed by atoms with Crippen molar-refractivity contribution in [3.05, 3.63) is 29.3 Å². The number of thiazole rings is 1. The number of nitrogens with zero attached hydrogens (tertiary/aromatic N) is 4. The lowest BCUT2D eigenvalue weighted by Gasteiger charge is -2.36. The fourth-order valence-electron chi connectivity index (χ4n) is 4.04. The average Bonchev–Trinajstić information content (AvgIpc) is 3.19. The van der Waals surface area contributed by atoms with Gasteiger partial charge in [-0.2, -0.15) is 0 Å². The van der Waals surface area contributed by atoms with Crippen LogP contribution in [0.3, 0.4) is 0 Å². The lowest BCUT2D eigenvalue weighted by Crippen LogP contribution is -2.52. The molecule has 4 rings (SSSR count). The molecule has 2 aliphatic heterocycles. The van der Waals surface area contributed by atoms with Gasteiger partial charge in [-0.3, -0.25) is 9.69 Å². The number of hydrogen-bond acceptors (Lipinski definition) is 6. The van der Waals surface area contributed by atoms with E-state index in [0.717, 1.165) is 31.4 Å². The molecule has 2 amide bonds. The molecule has 156 valence electrons. The number of amides is 2. The molecule has 7 nitrogen and oxygen atoms in total. The number of rotatable bonds is 4. The van der Waals surface area contributed by atoms with E-state index in [4.69, 9.17) is 9.72 Å². The van der Waals surface area contributed by atoms with Crippen molar-refractivity contribution in [3.63, 3.8) is 0 Å². The Balaban J connectivity index is 1.24. The van der Waals surface area contributed by atoms with Gasteiger partial charge in [-0.05, 0) is 31.9 Å². The first-order valence-corrected chi connectivity index (χ1v) is 11.2. The molecule has 0 atom stereocenters. The fraction of sp³-hybridized carbons (Fsp3) is 0.571. The van der Waals surface area contributed by atoms with E-state index in [-0.39, 0.29) is 12.0 Å². The number of hydrogen-bond donors (Lipinski definition) is 0. The third-order valence-corrected chi connectivity index (χ3v) is 6.96. The summed E-state index contributed by atoms with van der Waals surface area (Å²) in [6, 6.07) is 8.27. The van der Waals surface area contributed by atoms with Crippen molar-refractivity contribution in [1.82, 2.24) is 19.7 Å². The van der Waals surface area contributed by atoms with Crippen molar-refractivity contribution in [3.8, 4) is 0 Å². The molecule has 1 aromatic heterocycles. The maximum Gasteiger partial charge on any atom is 0.409 e. The molecule has 0 radical (unpaired) electrons. The zero-order valence-corrected chi connectivity index (χ0v) is 17.7. The first kappa shape index (κ1) is 20.1. The van der Waals surface area contributed by atoms with Gasteiger partial charge < -0.3 is 14.5 Å². The zero-order valence-electron chi connectivity index (χ0n) is 16.9. The molecule has 8 heteroatoms. The van der Waals surface area contributed by atoms with Crippen LogP contribution in [0.15, 0.2) is 24.3 Å². The van der Waals surface area contributed by atoms with Crippen molar-refractivity contribution in [2.24, 2.45) is 0 Å². The molecule has 29 heavy (non-hydrogen) atoms. The first-order chi connectivity index (χ1) is 14.1. The Morgan fingerprint density at radius 2 is 1.79 bits per heavy atom. The maximum atomic E-state index is 12.7. The molecule has 3 heterocycles. The normalized spacial score (nSPS) is 18.9. The Morgan fingerprint density at radius 1 is 1.07 bits per heavy atom. The smallest absolute Gasteiger partial charge is 0.409 e. The molecule has 0 aliphatic carbocycles. The van der Waals surface area contributed by atoms with Gasteiger partial charge in [0.2, 0.25) is 5.91 Å². The van der Waals surface area contributed by atoms with Crippen LogP contribution in [-0.2, 0) is 9.53 Å². The van der Waals surface area contributed by atoms with Crippen LogP contribution >= 0.6 is 11.3 Å². The van der Waals surface area contributed by atoms with E-state index < -0.39 is 0 Å². The molecule has 2 aromatic rings. The Hall–Kier alpha value is -2.19. The average molecular weight is 417 g/mol. The predicted molar refractivity (Wildman–Crippen MR) is 113 cm³/mol. The summed E-state index contributed by atoms with van der Waals surface area (Å²) in [5.41, 5.74) is 1.08. The number of benzene rings is 1. The van der Waals surface area contributed by atoms with Gasteiger partial charge >= 0.3 is 6.09 Å². The molecule has 1 aromatic carbocycles. The molecular formula is C21H28N4O3S. The number of fused-ring (bicyclic) bond motifs is 1. The molecule has 0 bridgehead atoms. The molecule has 2 saturated heterocycles. The summed E-state index contributed by atoms with van der Waals surface area (Å²) in [4.78, 5) is 35.2. The summed E-state index contributed by atoms with van der Waals surface area (Å²) < 4.78 is 6.29. The van der Waals surface area contributed by atoms with E-state index in [2.05, 4.69) is 23.1 Å². The summed E-state index contributed by atoms with van der Waals surface area (Å²) in [6.45, 7) is 6.89. The highest BCUT2D eigenvalue weighted by Crippen LogP contribution is 2.33. The number of piperazine rings is 1. The Labute approximate surface area is 175 Å². The highest BCUT2D eigenvalue weighted by Gasteiger charge is 2.28. The second-order valence-electron chi connectivity index (χ2n) is 7.64. The summed E-state index contributed by atoms with van der Waals surface area (Å²) in [6.07, 6.45) is 1.69. The van der Waals surface area contributed by atoms with Gasteiger partial charge in [-0.15, -0.1) is 11.3 Å². The van der Waals surface area contributed by atoms with Crippen molar-refractivity contribution in [1.29, 1.82) is 0 Å². The monoisotopic (exact) mass is 416 g/mol. The van der Waals surface area contributed by atoms with Gasteiger partial charge in [-0.25, -0.2) is 9.78 Å². The number of likely N-dealkylation sites (tertiary alicyclic amines) is 1. The quantitative estimate of drug-likeness (QED) is 0.767. The number of carbonyl (C=O) groups is 2. The van der Waals surface area contributed by atoms with Crippen molar-refractivity contribution < 1.29 is 14.3 Å². The van der Waals surface area contributed by atoms with E-state index >= 15 is 0 Å². The largest absolute Gasteiger partial charge is 0.450 e. The lowest BCUT2D eigenvalue weighted by atomic mass is 9.97. The van der Waals surface area contributed by atoms with Crippen LogP contribution in [0.1, 0.15) is 30.7 Å². The van der Waals surface area contributed by atoms with Crippen LogP contribution in [0.4, 0.5) is 4.79 Å². The fourth-order valence-corrected chi connectivity index (χ4v) is 5.17. The minimum absolute atomic E-state index is 0.192. The lowest BCUT2D eigenvalue weighted by molar-refractivity contribution is -0.133. The Kier molecular flexibility index (Phi) is 6.30.